The molecule has 22 heavy (non-hydrogen) atoms. The summed E-state index contributed by atoms with van der Waals surface area (Å²) in [4.78, 5) is 25.6. The van der Waals surface area contributed by atoms with Crippen LogP contribution in [0.4, 0.5) is 0 Å². The Hall–Kier alpha value is -1.84. The van der Waals surface area contributed by atoms with Crippen LogP contribution in [0.25, 0.3) is 0 Å². The maximum absolute atomic E-state index is 12.5. The topological polar surface area (TPSA) is 63.4 Å². The molecule has 4 nitrogen and oxygen atoms in total. The van der Waals surface area contributed by atoms with E-state index >= 15 is 0 Å². The summed E-state index contributed by atoms with van der Waals surface area (Å²) >= 11 is 0. The van der Waals surface area contributed by atoms with Crippen LogP contribution >= 0.6 is 0 Å². The van der Waals surface area contributed by atoms with Crippen LogP contribution in [-0.4, -0.2) is 29.8 Å². The highest BCUT2D eigenvalue weighted by Crippen LogP contribution is 2.28. The lowest BCUT2D eigenvalue weighted by atomic mass is 9.82. The van der Waals surface area contributed by atoms with E-state index in [1.165, 1.54) is 11.1 Å². The first-order valence-corrected chi connectivity index (χ1v) is 8.27. The standard InChI is InChI=1S/C18H24N2O2/c19-18(22)15-7-9-20(10-8-15)17(21)12-13-5-6-14-3-1-2-4-16(14)11-13/h1-4,13,15H,5-12H2,(H2,19,22). The van der Waals surface area contributed by atoms with Crippen LogP contribution in [0.5, 0.6) is 0 Å². The summed E-state index contributed by atoms with van der Waals surface area (Å²) in [5.74, 6) is 0.421. The Labute approximate surface area is 131 Å². The van der Waals surface area contributed by atoms with Crippen LogP contribution in [0.3, 0.4) is 0 Å². The van der Waals surface area contributed by atoms with E-state index in [-0.39, 0.29) is 17.7 Å². The number of hydrogen-bond acceptors (Lipinski definition) is 2. The van der Waals surface area contributed by atoms with Gasteiger partial charge in [0.2, 0.25) is 11.8 Å². The van der Waals surface area contributed by atoms with Crippen molar-refractivity contribution in [2.75, 3.05) is 13.1 Å². The number of hydrogen-bond donors (Lipinski definition) is 1. The van der Waals surface area contributed by atoms with Gasteiger partial charge in [-0.25, -0.2) is 0 Å². The van der Waals surface area contributed by atoms with Crippen LogP contribution in [0.1, 0.15) is 36.8 Å². The number of primary amides is 1. The number of piperidine rings is 1. The summed E-state index contributed by atoms with van der Waals surface area (Å²) in [5, 5.41) is 0. The highest BCUT2D eigenvalue weighted by Gasteiger charge is 2.28. The quantitative estimate of drug-likeness (QED) is 0.926. The van der Waals surface area contributed by atoms with Crippen LogP contribution < -0.4 is 5.73 Å². The number of carbonyl (C=O) groups excluding carboxylic acids is 2. The zero-order chi connectivity index (χ0) is 15.5. The lowest BCUT2D eigenvalue weighted by Crippen LogP contribution is -2.42. The van der Waals surface area contributed by atoms with E-state index in [4.69, 9.17) is 5.73 Å². The number of aryl methyl sites for hydroxylation is 1. The molecule has 0 spiro atoms. The second-order valence-corrected chi connectivity index (χ2v) is 6.64. The van der Waals surface area contributed by atoms with Crippen molar-refractivity contribution in [1.82, 2.24) is 4.90 Å². The number of carbonyl (C=O) groups is 2. The Kier molecular flexibility index (Phi) is 4.46. The number of likely N-dealkylation sites (tertiary alicyclic amines) is 1. The van der Waals surface area contributed by atoms with E-state index in [0.717, 1.165) is 19.3 Å². The van der Waals surface area contributed by atoms with Crippen molar-refractivity contribution in [2.24, 2.45) is 17.6 Å². The molecule has 2 amide bonds. The molecule has 0 bridgehead atoms. The summed E-state index contributed by atoms with van der Waals surface area (Å²) in [5.41, 5.74) is 8.18. The Morgan fingerprint density at radius 3 is 2.45 bits per heavy atom. The molecule has 1 aromatic rings. The van der Waals surface area contributed by atoms with Gasteiger partial charge >= 0.3 is 0 Å². The number of nitrogens with two attached hydrogens (primary N) is 1. The minimum Gasteiger partial charge on any atom is -0.369 e. The van der Waals surface area contributed by atoms with Crippen LogP contribution in [0.2, 0.25) is 0 Å². The molecule has 1 fully saturated rings. The first kappa shape index (κ1) is 15.1. The Morgan fingerprint density at radius 2 is 1.77 bits per heavy atom. The Balaban J connectivity index is 1.52. The molecule has 2 aliphatic rings. The molecule has 0 aromatic heterocycles. The minimum atomic E-state index is -0.226. The zero-order valence-electron chi connectivity index (χ0n) is 13.0. The molecule has 1 aromatic carbocycles. The molecule has 2 N–H and O–H groups in total. The van der Waals surface area contributed by atoms with Gasteiger partial charge in [0.25, 0.3) is 0 Å². The Bertz CT molecular complexity index is 562. The molecule has 1 heterocycles. The number of nitrogens with zero attached hydrogens (tertiary/aromatic N) is 1. The van der Waals surface area contributed by atoms with Crippen molar-refractivity contribution < 1.29 is 9.59 Å². The van der Waals surface area contributed by atoms with E-state index in [2.05, 4.69) is 24.3 Å². The van der Waals surface area contributed by atoms with E-state index < -0.39 is 0 Å². The zero-order valence-corrected chi connectivity index (χ0v) is 13.0. The molecular weight excluding hydrogens is 276 g/mol. The van der Waals surface area contributed by atoms with Crippen molar-refractivity contribution >= 4 is 11.8 Å². The van der Waals surface area contributed by atoms with Gasteiger partial charge in [0.1, 0.15) is 0 Å². The maximum atomic E-state index is 12.5. The number of fused-ring (bicyclic) bond motifs is 1. The number of benzene rings is 1. The number of amides is 2. The summed E-state index contributed by atoms with van der Waals surface area (Å²) in [6.07, 6.45) is 5.26. The largest absolute Gasteiger partial charge is 0.369 e. The van der Waals surface area contributed by atoms with Crippen molar-refractivity contribution in [1.29, 1.82) is 0 Å². The van der Waals surface area contributed by atoms with Crippen LogP contribution in [-0.2, 0) is 22.4 Å². The lowest BCUT2D eigenvalue weighted by Gasteiger charge is -2.32. The maximum Gasteiger partial charge on any atom is 0.222 e. The number of rotatable bonds is 3. The van der Waals surface area contributed by atoms with Gasteiger partial charge in [-0.2, -0.15) is 0 Å². The third-order valence-electron chi connectivity index (χ3n) is 5.16. The second kappa shape index (κ2) is 6.51. The van der Waals surface area contributed by atoms with Gasteiger partial charge in [0.15, 0.2) is 0 Å². The summed E-state index contributed by atoms with van der Waals surface area (Å²) in [7, 11) is 0. The van der Waals surface area contributed by atoms with Crippen molar-refractivity contribution in [3.63, 3.8) is 0 Å². The van der Waals surface area contributed by atoms with Crippen molar-refractivity contribution in [3.8, 4) is 0 Å². The molecule has 1 atom stereocenters. The van der Waals surface area contributed by atoms with Gasteiger partial charge in [-0.15, -0.1) is 0 Å². The second-order valence-electron chi connectivity index (χ2n) is 6.64. The van der Waals surface area contributed by atoms with E-state index in [1.807, 2.05) is 4.90 Å². The van der Waals surface area contributed by atoms with Gasteiger partial charge in [0, 0.05) is 25.4 Å². The first-order valence-electron chi connectivity index (χ1n) is 8.27. The molecule has 1 aliphatic heterocycles. The predicted molar refractivity (Wildman–Crippen MR) is 85.1 cm³/mol. The van der Waals surface area contributed by atoms with E-state index in [1.54, 1.807) is 0 Å². The first-order chi connectivity index (χ1) is 10.6. The SMILES string of the molecule is NC(=O)C1CCN(C(=O)CC2CCc3ccccc3C2)CC1. The molecule has 0 radical (unpaired) electrons. The molecule has 1 aliphatic carbocycles. The molecule has 1 unspecified atom stereocenters. The third kappa shape index (κ3) is 3.32. The summed E-state index contributed by atoms with van der Waals surface area (Å²) in [6, 6.07) is 8.55. The van der Waals surface area contributed by atoms with Gasteiger partial charge in [0.05, 0.1) is 0 Å². The third-order valence-corrected chi connectivity index (χ3v) is 5.16. The Morgan fingerprint density at radius 1 is 1.09 bits per heavy atom. The van der Waals surface area contributed by atoms with E-state index in [9.17, 15) is 9.59 Å². The molecule has 1 saturated heterocycles. The molecular formula is C18H24N2O2. The van der Waals surface area contributed by atoms with E-state index in [0.29, 0.717) is 38.3 Å². The van der Waals surface area contributed by atoms with Gasteiger partial charge in [-0.3, -0.25) is 9.59 Å². The minimum absolute atomic E-state index is 0.0504. The van der Waals surface area contributed by atoms with Gasteiger partial charge in [-0.05, 0) is 49.1 Å². The fourth-order valence-electron chi connectivity index (χ4n) is 3.74. The summed E-state index contributed by atoms with van der Waals surface area (Å²) in [6.45, 7) is 1.35. The van der Waals surface area contributed by atoms with Crippen molar-refractivity contribution in [2.45, 2.75) is 38.5 Å². The highest BCUT2D eigenvalue weighted by atomic mass is 16.2. The molecule has 118 valence electrons. The van der Waals surface area contributed by atoms with Crippen LogP contribution in [0, 0.1) is 11.8 Å². The predicted octanol–water partition coefficient (Wildman–Crippen LogP) is 1.91. The summed E-state index contributed by atoms with van der Waals surface area (Å²) < 4.78 is 0. The average Bonchev–Trinajstić information content (AvgIpc) is 2.55. The van der Waals surface area contributed by atoms with Gasteiger partial charge in [-0.1, -0.05) is 24.3 Å². The average molecular weight is 300 g/mol. The van der Waals surface area contributed by atoms with Gasteiger partial charge < -0.3 is 10.6 Å². The smallest absolute Gasteiger partial charge is 0.222 e. The molecule has 4 heteroatoms. The fourth-order valence-corrected chi connectivity index (χ4v) is 3.74. The fraction of sp³-hybridized carbons (Fsp3) is 0.556. The molecule has 3 rings (SSSR count). The van der Waals surface area contributed by atoms with Crippen LogP contribution in [0.15, 0.2) is 24.3 Å². The normalized spacial score (nSPS) is 22.2. The lowest BCUT2D eigenvalue weighted by molar-refractivity contribution is -0.135. The molecule has 0 saturated carbocycles. The van der Waals surface area contributed by atoms with Crippen molar-refractivity contribution in [3.05, 3.63) is 35.4 Å². The highest BCUT2D eigenvalue weighted by molar-refractivity contribution is 5.79. The monoisotopic (exact) mass is 300 g/mol.